The summed E-state index contributed by atoms with van der Waals surface area (Å²) < 4.78 is 26.4. The molecule has 5 heteroatoms. The molecule has 0 spiro atoms. The van der Waals surface area contributed by atoms with Gasteiger partial charge in [0.2, 0.25) is 0 Å². The Bertz CT molecular complexity index is 655. The second-order valence-corrected chi connectivity index (χ2v) is 6.61. The molecule has 102 valence electrons. The van der Waals surface area contributed by atoms with Crippen molar-refractivity contribution < 1.29 is 8.42 Å². The summed E-state index contributed by atoms with van der Waals surface area (Å²) in [7, 11) is -3.53. The van der Waals surface area contributed by atoms with Gasteiger partial charge in [-0.1, -0.05) is 17.7 Å². The summed E-state index contributed by atoms with van der Waals surface area (Å²) in [6.45, 7) is 3.78. The van der Waals surface area contributed by atoms with E-state index in [1.54, 1.807) is 42.6 Å². The van der Waals surface area contributed by atoms with Gasteiger partial charge in [-0.05, 0) is 38.1 Å². The SMILES string of the molecule is Cc1ccc(S(=O)(=O)n2cccc2CC(C)N)cc1. The zero-order chi connectivity index (χ0) is 14.0. The molecule has 0 bridgehead atoms. The van der Waals surface area contributed by atoms with Gasteiger partial charge in [-0.2, -0.15) is 0 Å². The highest BCUT2D eigenvalue weighted by atomic mass is 32.2. The first-order chi connectivity index (χ1) is 8.91. The number of nitrogens with zero attached hydrogens (tertiary/aromatic N) is 1. The van der Waals surface area contributed by atoms with E-state index < -0.39 is 10.0 Å². The number of hydrogen-bond donors (Lipinski definition) is 1. The minimum absolute atomic E-state index is 0.0816. The van der Waals surface area contributed by atoms with Crippen molar-refractivity contribution in [3.05, 3.63) is 53.9 Å². The summed E-state index contributed by atoms with van der Waals surface area (Å²) in [4.78, 5) is 0.292. The van der Waals surface area contributed by atoms with Gasteiger partial charge in [0, 0.05) is 24.4 Å². The predicted octanol–water partition coefficient (Wildman–Crippen LogP) is 1.92. The van der Waals surface area contributed by atoms with Crippen molar-refractivity contribution in [1.82, 2.24) is 3.97 Å². The molecule has 1 unspecified atom stereocenters. The highest BCUT2D eigenvalue weighted by molar-refractivity contribution is 7.90. The van der Waals surface area contributed by atoms with Crippen LogP contribution in [0.3, 0.4) is 0 Å². The van der Waals surface area contributed by atoms with Crippen LogP contribution in [-0.2, 0) is 16.4 Å². The number of aromatic nitrogens is 1. The minimum Gasteiger partial charge on any atom is -0.328 e. The fourth-order valence-electron chi connectivity index (χ4n) is 1.95. The lowest BCUT2D eigenvalue weighted by molar-refractivity contribution is 0.583. The first-order valence-corrected chi connectivity index (χ1v) is 7.59. The van der Waals surface area contributed by atoms with Crippen molar-refractivity contribution in [3.8, 4) is 0 Å². The normalized spacial score (nSPS) is 13.4. The van der Waals surface area contributed by atoms with Crippen molar-refractivity contribution in [2.45, 2.75) is 31.2 Å². The molecule has 0 fully saturated rings. The molecule has 0 aliphatic rings. The van der Waals surface area contributed by atoms with Crippen molar-refractivity contribution in [2.24, 2.45) is 5.73 Å². The van der Waals surface area contributed by atoms with E-state index in [-0.39, 0.29) is 6.04 Å². The monoisotopic (exact) mass is 278 g/mol. The van der Waals surface area contributed by atoms with Crippen LogP contribution in [0.5, 0.6) is 0 Å². The first-order valence-electron chi connectivity index (χ1n) is 6.15. The summed E-state index contributed by atoms with van der Waals surface area (Å²) in [6.07, 6.45) is 2.09. The number of hydrogen-bond acceptors (Lipinski definition) is 3. The second-order valence-electron chi connectivity index (χ2n) is 4.79. The van der Waals surface area contributed by atoms with Gasteiger partial charge in [-0.25, -0.2) is 12.4 Å². The standard InChI is InChI=1S/C14H18N2O2S/c1-11-5-7-14(8-6-11)19(17,18)16-9-3-4-13(16)10-12(2)15/h3-9,12H,10,15H2,1-2H3. The molecule has 1 atom stereocenters. The molecule has 0 saturated carbocycles. The fourth-order valence-corrected chi connectivity index (χ4v) is 3.33. The van der Waals surface area contributed by atoms with Crippen molar-refractivity contribution in [1.29, 1.82) is 0 Å². The maximum Gasteiger partial charge on any atom is 0.267 e. The number of nitrogens with two attached hydrogens (primary N) is 1. The molecule has 2 aromatic rings. The smallest absolute Gasteiger partial charge is 0.267 e. The highest BCUT2D eigenvalue weighted by Crippen LogP contribution is 2.18. The Labute approximate surface area is 113 Å². The lowest BCUT2D eigenvalue weighted by Gasteiger charge is -2.12. The summed E-state index contributed by atoms with van der Waals surface area (Å²) in [5.74, 6) is 0. The van der Waals surface area contributed by atoms with Crippen LogP contribution in [0.4, 0.5) is 0 Å². The Morgan fingerprint density at radius 3 is 2.42 bits per heavy atom. The van der Waals surface area contributed by atoms with Crippen LogP contribution < -0.4 is 5.73 Å². The summed E-state index contributed by atoms with van der Waals surface area (Å²) in [5, 5.41) is 0. The third-order valence-corrected chi connectivity index (χ3v) is 4.64. The Morgan fingerprint density at radius 1 is 1.21 bits per heavy atom. The van der Waals surface area contributed by atoms with Crippen molar-refractivity contribution in [3.63, 3.8) is 0 Å². The molecule has 0 amide bonds. The minimum atomic E-state index is -3.53. The van der Waals surface area contributed by atoms with E-state index in [1.807, 2.05) is 13.8 Å². The summed E-state index contributed by atoms with van der Waals surface area (Å²) in [6, 6.07) is 10.3. The third-order valence-electron chi connectivity index (χ3n) is 2.90. The number of benzene rings is 1. The summed E-state index contributed by atoms with van der Waals surface area (Å²) >= 11 is 0. The Hall–Kier alpha value is -1.59. The number of rotatable bonds is 4. The van der Waals surface area contributed by atoms with Crippen LogP contribution >= 0.6 is 0 Å². The predicted molar refractivity (Wildman–Crippen MR) is 75.5 cm³/mol. The van der Waals surface area contributed by atoms with E-state index in [9.17, 15) is 8.42 Å². The molecule has 0 saturated heterocycles. The largest absolute Gasteiger partial charge is 0.328 e. The number of aryl methyl sites for hydroxylation is 1. The fraction of sp³-hybridized carbons (Fsp3) is 0.286. The van der Waals surface area contributed by atoms with E-state index in [0.717, 1.165) is 5.56 Å². The molecule has 0 aliphatic carbocycles. The molecule has 19 heavy (non-hydrogen) atoms. The van der Waals surface area contributed by atoms with Crippen LogP contribution in [0.1, 0.15) is 18.2 Å². The van der Waals surface area contributed by atoms with Crippen LogP contribution in [-0.4, -0.2) is 18.4 Å². The third kappa shape index (κ3) is 2.88. The Kier molecular flexibility index (Phi) is 3.78. The van der Waals surface area contributed by atoms with E-state index in [4.69, 9.17) is 5.73 Å². The van der Waals surface area contributed by atoms with Gasteiger partial charge in [0.1, 0.15) is 0 Å². The lowest BCUT2D eigenvalue weighted by Crippen LogP contribution is -2.22. The summed E-state index contributed by atoms with van der Waals surface area (Å²) in [5.41, 5.74) is 7.48. The molecule has 1 aromatic heterocycles. The zero-order valence-electron chi connectivity index (χ0n) is 11.1. The molecule has 2 N–H and O–H groups in total. The van der Waals surface area contributed by atoms with Crippen LogP contribution in [0, 0.1) is 6.92 Å². The molecule has 4 nitrogen and oxygen atoms in total. The van der Waals surface area contributed by atoms with E-state index in [0.29, 0.717) is 17.0 Å². The van der Waals surface area contributed by atoms with Crippen molar-refractivity contribution >= 4 is 10.0 Å². The highest BCUT2D eigenvalue weighted by Gasteiger charge is 2.19. The Morgan fingerprint density at radius 2 is 1.84 bits per heavy atom. The van der Waals surface area contributed by atoms with Gasteiger partial charge in [0.15, 0.2) is 0 Å². The van der Waals surface area contributed by atoms with Gasteiger partial charge >= 0.3 is 0 Å². The quantitative estimate of drug-likeness (QED) is 0.929. The van der Waals surface area contributed by atoms with Crippen LogP contribution in [0.15, 0.2) is 47.5 Å². The van der Waals surface area contributed by atoms with Gasteiger partial charge in [0.25, 0.3) is 10.0 Å². The Balaban J connectivity index is 2.45. The van der Waals surface area contributed by atoms with E-state index in [2.05, 4.69) is 0 Å². The molecule has 1 aromatic carbocycles. The van der Waals surface area contributed by atoms with E-state index >= 15 is 0 Å². The van der Waals surface area contributed by atoms with Gasteiger partial charge in [-0.3, -0.25) is 0 Å². The van der Waals surface area contributed by atoms with Gasteiger partial charge in [-0.15, -0.1) is 0 Å². The topological polar surface area (TPSA) is 65.1 Å². The van der Waals surface area contributed by atoms with Crippen LogP contribution in [0.2, 0.25) is 0 Å². The first kappa shape index (κ1) is 13.8. The van der Waals surface area contributed by atoms with Crippen molar-refractivity contribution in [2.75, 3.05) is 0 Å². The maximum atomic E-state index is 12.5. The van der Waals surface area contributed by atoms with Crippen LogP contribution in [0.25, 0.3) is 0 Å². The second kappa shape index (κ2) is 5.19. The zero-order valence-corrected chi connectivity index (χ0v) is 11.9. The maximum absolute atomic E-state index is 12.5. The lowest BCUT2D eigenvalue weighted by atomic mass is 10.2. The van der Waals surface area contributed by atoms with Gasteiger partial charge < -0.3 is 5.73 Å². The molecular weight excluding hydrogens is 260 g/mol. The molecule has 1 heterocycles. The average Bonchev–Trinajstić information content (AvgIpc) is 2.77. The molecule has 0 aliphatic heterocycles. The molecule has 0 radical (unpaired) electrons. The molecular formula is C14H18N2O2S. The van der Waals surface area contributed by atoms with Gasteiger partial charge in [0.05, 0.1) is 4.90 Å². The average molecular weight is 278 g/mol. The molecule has 2 rings (SSSR count). The van der Waals surface area contributed by atoms with E-state index in [1.165, 1.54) is 3.97 Å².